The van der Waals surface area contributed by atoms with Crippen molar-refractivity contribution in [3.63, 3.8) is 0 Å². The summed E-state index contributed by atoms with van der Waals surface area (Å²) in [6.07, 6.45) is 0. The third-order valence-corrected chi connectivity index (χ3v) is 6.57. The number of nitrogens with zero attached hydrogens (tertiary/aromatic N) is 1. The van der Waals surface area contributed by atoms with Crippen LogP contribution < -0.4 is 0 Å². The molecule has 2 aromatic rings. The van der Waals surface area contributed by atoms with Crippen LogP contribution in [0.15, 0.2) is 38.3 Å². The van der Waals surface area contributed by atoms with E-state index in [9.17, 15) is 8.42 Å². The van der Waals surface area contributed by atoms with Crippen molar-refractivity contribution in [2.45, 2.75) is 25.3 Å². The summed E-state index contributed by atoms with van der Waals surface area (Å²) in [6.45, 7) is 4.26. The quantitative estimate of drug-likeness (QED) is 0.813. The first kappa shape index (κ1) is 15.7. The zero-order valence-corrected chi connectivity index (χ0v) is 14.8. The molecule has 3 nitrogen and oxygen atoms in total. The predicted octanol–water partition coefficient (Wildman–Crippen LogP) is 3.95. The zero-order chi connectivity index (χ0) is 14.9. The molecule has 0 saturated carbocycles. The molecular weight excluding hydrogens is 358 g/mol. The monoisotopic (exact) mass is 373 g/mol. The van der Waals surface area contributed by atoms with E-state index < -0.39 is 10.0 Å². The standard InChI is InChI=1S/C14H16BrNO2S2/c1-10-4-5-13(6-11(10)2)20(17,18)16(3)8-12-7-14(15)19-9-12/h4-7,9H,8H2,1-3H3. The van der Waals surface area contributed by atoms with Gasteiger partial charge in [0.25, 0.3) is 0 Å². The van der Waals surface area contributed by atoms with Crippen LogP contribution >= 0.6 is 27.3 Å². The molecule has 0 aliphatic rings. The maximum Gasteiger partial charge on any atom is 0.243 e. The SMILES string of the molecule is Cc1ccc(S(=O)(=O)N(C)Cc2csc(Br)c2)cc1C. The Morgan fingerprint density at radius 3 is 2.45 bits per heavy atom. The minimum absolute atomic E-state index is 0.345. The van der Waals surface area contributed by atoms with E-state index in [0.717, 1.165) is 20.5 Å². The molecule has 0 spiro atoms. The molecule has 0 aliphatic carbocycles. The fourth-order valence-corrected chi connectivity index (χ4v) is 4.27. The van der Waals surface area contributed by atoms with Crippen molar-refractivity contribution >= 4 is 37.3 Å². The topological polar surface area (TPSA) is 37.4 Å². The van der Waals surface area contributed by atoms with Gasteiger partial charge in [-0.2, -0.15) is 4.31 Å². The number of aryl methyl sites for hydroxylation is 2. The van der Waals surface area contributed by atoms with E-state index in [-0.39, 0.29) is 0 Å². The van der Waals surface area contributed by atoms with Gasteiger partial charge in [-0.1, -0.05) is 6.07 Å². The van der Waals surface area contributed by atoms with Gasteiger partial charge in [-0.3, -0.25) is 0 Å². The number of halogens is 1. The maximum absolute atomic E-state index is 12.5. The average Bonchev–Trinajstić information content (AvgIpc) is 2.78. The van der Waals surface area contributed by atoms with Crippen molar-refractivity contribution in [3.8, 4) is 0 Å². The Bertz CT molecular complexity index is 723. The Balaban J connectivity index is 2.27. The molecule has 1 aromatic heterocycles. The van der Waals surface area contributed by atoms with Crippen molar-refractivity contribution in [1.29, 1.82) is 0 Å². The smallest absolute Gasteiger partial charge is 0.207 e. The molecule has 0 atom stereocenters. The maximum atomic E-state index is 12.5. The van der Waals surface area contributed by atoms with Gasteiger partial charge < -0.3 is 0 Å². The molecule has 0 fully saturated rings. The number of thiophene rings is 1. The van der Waals surface area contributed by atoms with Crippen molar-refractivity contribution < 1.29 is 8.42 Å². The van der Waals surface area contributed by atoms with Crippen LogP contribution in [0.5, 0.6) is 0 Å². The van der Waals surface area contributed by atoms with Crippen LogP contribution in [0.2, 0.25) is 0 Å². The summed E-state index contributed by atoms with van der Waals surface area (Å²) in [5.41, 5.74) is 3.06. The number of sulfonamides is 1. The molecule has 1 aromatic carbocycles. The second kappa shape index (κ2) is 5.97. The van der Waals surface area contributed by atoms with E-state index in [0.29, 0.717) is 11.4 Å². The number of hydrogen-bond donors (Lipinski definition) is 0. The third-order valence-electron chi connectivity index (χ3n) is 3.21. The summed E-state index contributed by atoms with van der Waals surface area (Å²) < 4.78 is 27.4. The fourth-order valence-electron chi connectivity index (χ4n) is 1.83. The van der Waals surface area contributed by atoms with Gasteiger partial charge in [-0.15, -0.1) is 11.3 Å². The molecule has 0 unspecified atom stereocenters. The fraction of sp³-hybridized carbons (Fsp3) is 0.286. The van der Waals surface area contributed by atoms with E-state index in [1.54, 1.807) is 30.5 Å². The molecule has 0 N–H and O–H groups in total. The molecule has 0 bridgehead atoms. The van der Waals surface area contributed by atoms with Crippen molar-refractivity contribution in [3.05, 3.63) is 50.1 Å². The lowest BCUT2D eigenvalue weighted by atomic mass is 10.1. The molecule has 0 saturated heterocycles. The van der Waals surface area contributed by atoms with Gasteiger partial charge in [0.05, 0.1) is 8.68 Å². The number of rotatable bonds is 4. The van der Waals surface area contributed by atoms with Gasteiger partial charge in [-0.25, -0.2) is 8.42 Å². The first-order valence-electron chi connectivity index (χ1n) is 6.07. The summed E-state index contributed by atoms with van der Waals surface area (Å²) in [5.74, 6) is 0. The van der Waals surface area contributed by atoms with Crippen molar-refractivity contribution in [1.82, 2.24) is 4.31 Å². The van der Waals surface area contributed by atoms with Gasteiger partial charge in [0.1, 0.15) is 0 Å². The normalized spacial score (nSPS) is 12.1. The van der Waals surface area contributed by atoms with Crippen LogP contribution in [-0.2, 0) is 16.6 Å². The van der Waals surface area contributed by atoms with Gasteiger partial charge in [0.2, 0.25) is 10.0 Å². The van der Waals surface area contributed by atoms with Gasteiger partial charge in [-0.05, 0) is 70.0 Å². The Labute approximate surface area is 132 Å². The van der Waals surface area contributed by atoms with Crippen LogP contribution in [-0.4, -0.2) is 19.8 Å². The zero-order valence-electron chi connectivity index (χ0n) is 11.6. The van der Waals surface area contributed by atoms with Crippen molar-refractivity contribution in [2.24, 2.45) is 0 Å². The molecule has 0 aliphatic heterocycles. The van der Waals surface area contributed by atoms with E-state index in [1.165, 1.54) is 4.31 Å². The summed E-state index contributed by atoms with van der Waals surface area (Å²) in [4.78, 5) is 0.345. The lowest BCUT2D eigenvalue weighted by Gasteiger charge is -2.17. The van der Waals surface area contributed by atoms with Crippen LogP contribution in [0.25, 0.3) is 0 Å². The number of hydrogen-bond acceptors (Lipinski definition) is 3. The molecular formula is C14H16BrNO2S2. The Morgan fingerprint density at radius 2 is 1.90 bits per heavy atom. The molecule has 20 heavy (non-hydrogen) atoms. The summed E-state index contributed by atoms with van der Waals surface area (Å²) in [5, 5.41) is 1.95. The van der Waals surface area contributed by atoms with Crippen molar-refractivity contribution in [2.75, 3.05) is 7.05 Å². The third kappa shape index (κ3) is 3.31. The van der Waals surface area contributed by atoms with Crippen LogP contribution in [0.3, 0.4) is 0 Å². The first-order valence-corrected chi connectivity index (χ1v) is 9.18. The molecule has 2 rings (SSSR count). The highest BCUT2D eigenvalue weighted by Crippen LogP contribution is 2.24. The van der Waals surface area contributed by atoms with Gasteiger partial charge >= 0.3 is 0 Å². The average molecular weight is 374 g/mol. The Hall–Kier alpha value is -0.690. The van der Waals surface area contributed by atoms with E-state index >= 15 is 0 Å². The van der Waals surface area contributed by atoms with Gasteiger partial charge in [0, 0.05) is 13.6 Å². The lowest BCUT2D eigenvalue weighted by molar-refractivity contribution is 0.467. The summed E-state index contributed by atoms with van der Waals surface area (Å²) >= 11 is 4.94. The highest BCUT2D eigenvalue weighted by molar-refractivity contribution is 9.11. The molecule has 1 heterocycles. The molecule has 6 heteroatoms. The second-order valence-corrected chi connectivity index (χ2v) is 9.10. The van der Waals surface area contributed by atoms with Crippen LogP contribution in [0, 0.1) is 13.8 Å². The largest absolute Gasteiger partial charge is 0.243 e. The van der Waals surface area contributed by atoms with Crippen LogP contribution in [0.4, 0.5) is 0 Å². The van der Waals surface area contributed by atoms with E-state index in [1.807, 2.05) is 31.4 Å². The number of benzene rings is 1. The summed E-state index contributed by atoms with van der Waals surface area (Å²) in [7, 11) is -1.84. The molecule has 0 amide bonds. The minimum Gasteiger partial charge on any atom is -0.207 e. The van der Waals surface area contributed by atoms with Crippen LogP contribution in [0.1, 0.15) is 16.7 Å². The molecule has 0 radical (unpaired) electrons. The highest BCUT2D eigenvalue weighted by atomic mass is 79.9. The lowest BCUT2D eigenvalue weighted by Crippen LogP contribution is -2.26. The van der Waals surface area contributed by atoms with E-state index in [2.05, 4.69) is 15.9 Å². The summed E-state index contributed by atoms with van der Waals surface area (Å²) in [6, 6.07) is 7.18. The second-order valence-electron chi connectivity index (χ2n) is 4.77. The van der Waals surface area contributed by atoms with Gasteiger partial charge in [0.15, 0.2) is 0 Å². The molecule has 108 valence electrons. The van der Waals surface area contributed by atoms with E-state index in [4.69, 9.17) is 0 Å². The Kier molecular flexibility index (Phi) is 4.69. The Morgan fingerprint density at radius 1 is 1.20 bits per heavy atom. The first-order chi connectivity index (χ1) is 9.30. The predicted molar refractivity (Wildman–Crippen MR) is 86.6 cm³/mol. The minimum atomic E-state index is -3.44. The highest BCUT2D eigenvalue weighted by Gasteiger charge is 2.21.